The second-order valence-electron chi connectivity index (χ2n) is 7.01. The molecule has 150 valence electrons. The lowest BCUT2D eigenvalue weighted by Gasteiger charge is -2.28. The van der Waals surface area contributed by atoms with Crippen LogP contribution in [0.5, 0.6) is 5.75 Å². The van der Waals surface area contributed by atoms with Crippen LogP contribution in [0.4, 0.5) is 0 Å². The minimum atomic E-state index is -3.36. The van der Waals surface area contributed by atoms with E-state index in [0.717, 1.165) is 22.4 Å². The summed E-state index contributed by atoms with van der Waals surface area (Å²) in [5.74, 6) is 0.633. The molecule has 3 rings (SSSR count). The van der Waals surface area contributed by atoms with E-state index >= 15 is 0 Å². The van der Waals surface area contributed by atoms with Gasteiger partial charge in [-0.25, -0.2) is 8.42 Å². The minimum absolute atomic E-state index is 0.0204. The molecule has 2 aromatic carbocycles. The first-order valence-corrected chi connectivity index (χ1v) is 11.0. The van der Waals surface area contributed by atoms with Crippen molar-refractivity contribution in [2.24, 2.45) is 0 Å². The lowest BCUT2D eigenvalue weighted by atomic mass is 10.0. The standard InChI is InChI=1S/C21H26N2O4S/c1-16-5-3-6-18(13-16)21(24)22-10-4-12-28(25,26)23-11-9-17-14-20(27-2)8-7-19(17)15-23/h3,5-8,13-14H,4,9-12,15H2,1-2H3,(H,22,24). The number of methoxy groups -OCH3 is 1. The molecule has 2 aromatic rings. The van der Waals surface area contributed by atoms with Gasteiger partial charge in [-0.15, -0.1) is 0 Å². The van der Waals surface area contributed by atoms with Crippen LogP contribution in [0.2, 0.25) is 0 Å². The van der Waals surface area contributed by atoms with Gasteiger partial charge >= 0.3 is 0 Å². The number of fused-ring (bicyclic) bond motifs is 1. The highest BCUT2D eigenvalue weighted by molar-refractivity contribution is 7.89. The molecule has 1 N–H and O–H groups in total. The highest BCUT2D eigenvalue weighted by Gasteiger charge is 2.26. The summed E-state index contributed by atoms with van der Waals surface area (Å²) in [5.41, 5.74) is 3.75. The maximum Gasteiger partial charge on any atom is 0.251 e. The van der Waals surface area contributed by atoms with Crippen molar-refractivity contribution in [3.63, 3.8) is 0 Å². The van der Waals surface area contributed by atoms with Gasteiger partial charge in [0.05, 0.1) is 12.9 Å². The zero-order chi connectivity index (χ0) is 20.1. The van der Waals surface area contributed by atoms with Crippen molar-refractivity contribution in [2.75, 3.05) is 26.0 Å². The van der Waals surface area contributed by atoms with E-state index in [4.69, 9.17) is 4.74 Å². The monoisotopic (exact) mass is 402 g/mol. The average molecular weight is 403 g/mol. The lowest BCUT2D eigenvalue weighted by Crippen LogP contribution is -2.38. The van der Waals surface area contributed by atoms with Crippen molar-refractivity contribution < 1.29 is 17.9 Å². The van der Waals surface area contributed by atoms with Crippen LogP contribution in [0.15, 0.2) is 42.5 Å². The van der Waals surface area contributed by atoms with Gasteiger partial charge in [0.1, 0.15) is 5.75 Å². The first-order chi connectivity index (χ1) is 13.4. The molecule has 0 bridgehead atoms. The Morgan fingerprint density at radius 2 is 2.00 bits per heavy atom. The quantitative estimate of drug-likeness (QED) is 0.722. The van der Waals surface area contributed by atoms with E-state index in [1.807, 2.05) is 43.3 Å². The highest BCUT2D eigenvalue weighted by atomic mass is 32.2. The molecule has 0 saturated heterocycles. The smallest absolute Gasteiger partial charge is 0.251 e. The van der Waals surface area contributed by atoms with Crippen LogP contribution in [0.25, 0.3) is 0 Å². The molecular weight excluding hydrogens is 376 g/mol. The summed E-state index contributed by atoms with van der Waals surface area (Å²) < 4.78 is 32.1. The van der Waals surface area contributed by atoms with Crippen LogP contribution in [0, 0.1) is 6.92 Å². The summed E-state index contributed by atoms with van der Waals surface area (Å²) >= 11 is 0. The van der Waals surface area contributed by atoms with Crippen LogP contribution < -0.4 is 10.1 Å². The predicted octanol–water partition coefficient (Wildman–Crippen LogP) is 2.51. The second-order valence-corrected chi connectivity index (χ2v) is 9.10. The Labute approximate surface area is 166 Å². The summed E-state index contributed by atoms with van der Waals surface area (Å²) in [5, 5.41) is 2.79. The fraction of sp³-hybridized carbons (Fsp3) is 0.381. The number of benzene rings is 2. The number of carbonyl (C=O) groups is 1. The van der Waals surface area contributed by atoms with Crippen LogP contribution in [0.3, 0.4) is 0 Å². The van der Waals surface area contributed by atoms with Crippen LogP contribution >= 0.6 is 0 Å². The number of ether oxygens (including phenoxy) is 1. The lowest BCUT2D eigenvalue weighted by molar-refractivity contribution is 0.0953. The summed E-state index contributed by atoms with van der Waals surface area (Å²) in [6.07, 6.45) is 1.06. The number of amides is 1. The fourth-order valence-corrected chi connectivity index (χ4v) is 4.81. The summed E-state index contributed by atoms with van der Waals surface area (Å²) in [7, 11) is -1.74. The number of nitrogens with one attached hydrogen (secondary N) is 1. The van der Waals surface area contributed by atoms with Gasteiger partial charge in [-0.05, 0) is 55.2 Å². The van der Waals surface area contributed by atoms with Crippen molar-refractivity contribution in [1.29, 1.82) is 0 Å². The number of carbonyl (C=O) groups excluding carboxylic acids is 1. The molecule has 0 radical (unpaired) electrons. The van der Waals surface area contributed by atoms with Gasteiger partial charge in [0.15, 0.2) is 0 Å². The highest BCUT2D eigenvalue weighted by Crippen LogP contribution is 2.25. The zero-order valence-electron chi connectivity index (χ0n) is 16.3. The van der Waals surface area contributed by atoms with E-state index in [1.165, 1.54) is 4.31 Å². The first kappa shape index (κ1) is 20.4. The number of aryl methyl sites for hydroxylation is 1. The van der Waals surface area contributed by atoms with Crippen molar-refractivity contribution in [3.8, 4) is 5.75 Å². The Morgan fingerprint density at radius 3 is 2.75 bits per heavy atom. The van der Waals surface area contributed by atoms with E-state index in [0.29, 0.717) is 38.0 Å². The number of hydrogen-bond acceptors (Lipinski definition) is 4. The average Bonchev–Trinajstić information content (AvgIpc) is 2.70. The molecule has 0 saturated carbocycles. The van der Waals surface area contributed by atoms with Gasteiger partial charge in [-0.1, -0.05) is 23.8 Å². The maximum atomic E-state index is 12.7. The number of sulfonamides is 1. The Kier molecular flexibility index (Phi) is 6.36. The topological polar surface area (TPSA) is 75.7 Å². The number of nitrogens with zero attached hydrogens (tertiary/aromatic N) is 1. The molecule has 1 amide bonds. The van der Waals surface area contributed by atoms with E-state index in [2.05, 4.69) is 5.32 Å². The van der Waals surface area contributed by atoms with Gasteiger partial charge in [0.2, 0.25) is 10.0 Å². The molecule has 1 aliphatic heterocycles. The molecule has 28 heavy (non-hydrogen) atoms. The van der Waals surface area contributed by atoms with Crippen molar-refractivity contribution in [1.82, 2.24) is 9.62 Å². The van der Waals surface area contributed by atoms with Crippen LogP contribution in [-0.4, -0.2) is 44.6 Å². The predicted molar refractivity (Wildman–Crippen MR) is 109 cm³/mol. The molecular formula is C21H26N2O4S. The summed E-state index contributed by atoms with van der Waals surface area (Å²) in [6.45, 7) is 3.11. The molecule has 6 nitrogen and oxygen atoms in total. The Balaban J connectivity index is 1.51. The molecule has 7 heteroatoms. The zero-order valence-corrected chi connectivity index (χ0v) is 17.1. The minimum Gasteiger partial charge on any atom is -0.497 e. The SMILES string of the molecule is COc1ccc2c(c1)CCN(S(=O)(=O)CCCNC(=O)c1cccc(C)c1)C2. The summed E-state index contributed by atoms with van der Waals surface area (Å²) in [6, 6.07) is 13.1. The van der Waals surface area contributed by atoms with Gasteiger partial charge in [-0.2, -0.15) is 4.31 Å². The third kappa shape index (κ3) is 4.91. The van der Waals surface area contributed by atoms with E-state index in [1.54, 1.807) is 13.2 Å². The molecule has 0 fully saturated rings. The Hall–Kier alpha value is -2.38. The number of rotatable bonds is 7. The van der Waals surface area contributed by atoms with Gasteiger partial charge in [-0.3, -0.25) is 4.79 Å². The van der Waals surface area contributed by atoms with Gasteiger partial charge in [0, 0.05) is 25.2 Å². The van der Waals surface area contributed by atoms with Crippen LogP contribution in [-0.2, 0) is 23.0 Å². The second kappa shape index (κ2) is 8.75. The van der Waals surface area contributed by atoms with E-state index in [9.17, 15) is 13.2 Å². The Bertz CT molecular complexity index is 957. The maximum absolute atomic E-state index is 12.7. The molecule has 1 heterocycles. The Morgan fingerprint density at radius 1 is 1.18 bits per heavy atom. The molecule has 0 aromatic heterocycles. The van der Waals surface area contributed by atoms with E-state index < -0.39 is 10.0 Å². The summed E-state index contributed by atoms with van der Waals surface area (Å²) in [4.78, 5) is 12.1. The molecule has 0 aliphatic carbocycles. The van der Waals surface area contributed by atoms with Gasteiger partial charge in [0.25, 0.3) is 5.91 Å². The van der Waals surface area contributed by atoms with Gasteiger partial charge < -0.3 is 10.1 Å². The van der Waals surface area contributed by atoms with E-state index in [-0.39, 0.29) is 11.7 Å². The molecule has 0 atom stereocenters. The molecule has 0 spiro atoms. The first-order valence-electron chi connectivity index (χ1n) is 9.37. The van der Waals surface area contributed by atoms with Crippen molar-refractivity contribution >= 4 is 15.9 Å². The van der Waals surface area contributed by atoms with Crippen molar-refractivity contribution in [2.45, 2.75) is 26.3 Å². The largest absolute Gasteiger partial charge is 0.497 e. The third-order valence-corrected chi connectivity index (χ3v) is 6.83. The normalized spacial score (nSPS) is 14.4. The van der Waals surface area contributed by atoms with Crippen LogP contribution in [0.1, 0.15) is 33.5 Å². The fourth-order valence-electron chi connectivity index (χ4n) is 3.34. The molecule has 0 unspecified atom stereocenters. The number of hydrogen-bond donors (Lipinski definition) is 1. The van der Waals surface area contributed by atoms with Crippen molar-refractivity contribution in [3.05, 3.63) is 64.7 Å². The molecule has 1 aliphatic rings. The third-order valence-electron chi connectivity index (χ3n) is 4.93.